The Balaban J connectivity index is 1.23. The molecule has 0 saturated carbocycles. The van der Waals surface area contributed by atoms with Crippen LogP contribution in [0.3, 0.4) is 0 Å². The van der Waals surface area contributed by atoms with Gasteiger partial charge in [0.15, 0.2) is 0 Å². The number of carbonyl (C=O) groups is 2. The van der Waals surface area contributed by atoms with E-state index in [-0.39, 0.29) is 17.9 Å². The summed E-state index contributed by atoms with van der Waals surface area (Å²) in [7, 11) is 1.68. The topological polar surface area (TPSA) is 71.1 Å². The summed E-state index contributed by atoms with van der Waals surface area (Å²) in [6.07, 6.45) is 16.1. The van der Waals surface area contributed by atoms with Gasteiger partial charge in [-0.15, -0.1) is 0 Å². The molecule has 0 spiro atoms. The van der Waals surface area contributed by atoms with Gasteiger partial charge in [0.2, 0.25) is 0 Å². The summed E-state index contributed by atoms with van der Waals surface area (Å²) in [4.78, 5) is 23.8. The highest BCUT2D eigenvalue weighted by Crippen LogP contribution is 2.36. The monoisotopic (exact) mass is 568 g/mol. The lowest BCUT2D eigenvalue weighted by Crippen LogP contribution is -2.14. The number of rotatable bonds is 14. The van der Waals surface area contributed by atoms with Crippen LogP contribution in [0.4, 0.5) is 0 Å². The van der Waals surface area contributed by atoms with Crippen molar-refractivity contribution < 1.29 is 28.5 Å². The standard InChI is InChI=1S/C36H40O6/c1-4-35(37)41-24-8-6-5-7-23-40-33-20-15-30(16-21-33)36(38)42-34-22-17-31(25-26(34)2)29-11-9-27(10-12-29)28-13-18-32(39-3)19-14-28/h4,9,11,13-22,26H,1,5-8,10,12,23-25H2,2-3H3. The number of hydrogen-bond donors (Lipinski definition) is 0. The third-order valence-corrected chi connectivity index (χ3v) is 7.50. The van der Waals surface area contributed by atoms with Crippen LogP contribution in [0.15, 0.2) is 102 Å². The Bertz CT molecular complexity index is 1360. The average Bonchev–Trinajstić information content (AvgIpc) is 3.03. The van der Waals surface area contributed by atoms with Gasteiger partial charge in [-0.05, 0) is 110 Å². The number of hydrogen-bond acceptors (Lipinski definition) is 6. The molecule has 1 unspecified atom stereocenters. The fourth-order valence-corrected chi connectivity index (χ4v) is 5.00. The van der Waals surface area contributed by atoms with Crippen LogP contribution < -0.4 is 9.47 Å². The first-order valence-corrected chi connectivity index (χ1v) is 14.7. The van der Waals surface area contributed by atoms with Crippen LogP contribution in [0.25, 0.3) is 5.57 Å². The molecule has 1 atom stereocenters. The van der Waals surface area contributed by atoms with Gasteiger partial charge in [-0.1, -0.05) is 43.9 Å². The minimum absolute atomic E-state index is 0.110. The molecule has 6 heteroatoms. The second-order valence-corrected chi connectivity index (χ2v) is 10.5. The van der Waals surface area contributed by atoms with Crippen LogP contribution >= 0.6 is 0 Å². The number of ether oxygens (including phenoxy) is 4. The molecular weight excluding hydrogens is 528 g/mol. The van der Waals surface area contributed by atoms with Crippen LogP contribution in [-0.4, -0.2) is 32.3 Å². The van der Waals surface area contributed by atoms with Crippen LogP contribution in [-0.2, 0) is 14.3 Å². The van der Waals surface area contributed by atoms with Crippen molar-refractivity contribution in [3.63, 3.8) is 0 Å². The Morgan fingerprint density at radius 2 is 1.45 bits per heavy atom. The third-order valence-electron chi connectivity index (χ3n) is 7.50. The average molecular weight is 569 g/mol. The number of methoxy groups -OCH3 is 1. The summed E-state index contributed by atoms with van der Waals surface area (Å²) >= 11 is 0. The Hall–Kier alpha value is -4.32. The summed E-state index contributed by atoms with van der Waals surface area (Å²) in [5.74, 6) is 1.63. The number of allylic oxidation sites excluding steroid dienone is 8. The molecule has 2 aliphatic rings. The molecule has 6 nitrogen and oxygen atoms in total. The maximum atomic E-state index is 12.8. The van der Waals surface area contributed by atoms with Gasteiger partial charge >= 0.3 is 11.9 Å². The normalized spacial score (nSPS) is 16.3. The molecule has 2 aromatic carbocycles. The van der Waals surface area contributed by atoms with Crippen molar-refractivity contribution in [2.24, 2.45) is 5.92 Å². The molecule has 0 saturated heterocycles. The number of unbranched alkanes of at least 4 members (excludes halogenated alkanes) is 3. The van der Waals surface area contributed by atoms with Crippen LogP contribution in [0.5, 0.6) is 11.5 Å². The Labute approximate surface area is 249 Å². The minimum atomic E-state index is -0.382. The number of benzene rings is 2. The maximum absolute atomic E-state index is 12.8. The first-order chi connectivity index (χ1) is 20.5. The fraction of sp³-hybridized carbons (Fsp3) is 0.333. The van der Waals surface area contributed by atoms with Gasteiger partial charge in [-0.3, -0.25) is 0 Å². The number of carbonyl (C=O) groups excluding carboxylic acids is 2. The Morgan fingerprint density at radius 3 is 2.10 bits per heavy atom. The molecule has 2 aliphatic carbocycles. The summed E-state index contributed by atoms with van der Waals surface area (Å²) < 4.78 is 21.8. The molecule has 220 valence electrons. The van der Waals surface area contributed by atoms with Gasteiger partial charge in [0.25, 0.3) is 0 Å². The lowest BCUT2D eigenvalue weighted by Gasteiger charge is -2.24. The second-order valence-electron chi connectivity index (χ2n) is 10.5. The molecule has 0 aliphatic heterocycles. The highest BCUT2D eigenvalue weighted by molar-refractivity contribution is 5.90. The van der Waals surface area contributed by atoms with E-state index in [1.165, 1.54) is 28.4 Å². The van der Waals surface area contributed by atoms with E-state index in [0.717, 1.165) is 50.7 Å². The lowest BCUT2D eigenvalue weighted by molar-refractivity contribution is -0.137. The van der Waals surface area contributed by atoms with E-state index in [4.69, 9.17) is 18.9 Å². The van der Waals surface area contributed by atoms with E-state index in [1.807, 2.05) is 18.2 Å². The fourth-order valence-electron chi connectivity index (χ4n) is 5.00. The van der Waals surface area contributed by atoms with Gasteiger partial charge in [0, 0.05) is 12.0 Å². The predicted molar refractivity (Wildman–Crippen MR) is 165 cm³/mol. The van der Waals surface area contributed by atoms with Gasteiger partial charge in [0.1, 0.15) is 17.3 Å². The summed E-state index contributed by atoms with van der Waals surface area (Å²) in [5.41, 5.74) is 5.68. The van der Waals surface area contributed by atoms with Gasteiger partial charge in [0.05, 0.1) is 25.9 Å². The molecule has 4 rings (SSSR count). The van der Waals surface area contributed by atoms with Gasteiger partial charge in [-0.25, -0.2) is 9.59 Å². The maximum Gasteiger partial charge on any atom is 0.343 e. The molecule has 0 radical (unpaired) electrons. The molecule has 0 heterocycles. The predicted octanol–water partition coefficient (Wildman–Crippen LogP) is 8.17. The zero-order chi connectivity index (χ0) is 29.7. The van der Waals surface area contributed by atoms with Crippen molar-refractivity contribution >= 4 is 17.5 Å². The van der Waals surface area contributed by atoms with Gasteiger partial charge in [-0.2, -0.15) is 0 Å². The van der Waals surface area contributed by atoms with Crippen molar-refractivity contribution in [3.05, 3.63) is 114 Å². The molecule has 0 N–H and O–H groups in total. The summed E-state index contributed by atoms with van der Waals surface area (Å²) in [5, 5.41) is 0. The van der Waals surface area contributed by atoms with Crippen LogP contribution in [0, 0.1) is 5.92 Å². The smallest absolute Gasteiger partial charge is 0.343 e. The molecule has 0 amide bonds. The highest BCUT2D eigenvalue weighted by Gasteiger charge is 2.22. The zero-order valence-electron chi connectivity index (χ0n) is 24.6. The van der Waals surface area contributed by atoms with E-state index in [9.17, 15) is 9.59 Å². The first kappa shape index (κ1) is 30.6. The Morgan fingerprint density at radius 1 is 0.810 bits per heavy atom. The Kier molecular flexibility index (Phi) is 11.4. The molecular formula is C36H40O6. The second kappa shape index (κ2) is 15.6. The SMILES string of the molecule is C=CC(=O)OCCCCCCOc1ccc(C(=O)OC2=CC=C(C3=CC=C(c4ccc(OC)cc4)CC3)CC2C)cc1. The van der Waals surface area contributed by atoms with Crippen molar-refractivity contribution in [1.82, 2.24) is 0 Å². The molecule has 2 aromatic rings. The summed E-state index contributed by atoms with van der Waals surface area (Å²) in [6, 6.07) is 15.3. The minimum Gasteiger partial charge on any atom is -0.497 e. The lowest BCUT2D eigenvalue weighted by atomic mass is 9.84. The van der Waals surface area contributed by atoms with E-state index < -0.39 is 0 Å². The van der Waals surface area contributed by atoms with Crippen molar-refractivity contribution in [1.29, 1.82) is 0 Å². The van der Waals surface area contributed by atoms with E-state index >= 15 is 0 Å². The molecule has 0 fully saturated rings. The van der Waals surface area contributed by atoms with Gasteiger partial charge < -0.3 is 18.9 Å². The largest absolute Gasteiger partial charge is 0.497 e. The van der Waals surface area contributed by atoms with E-state index in [0.29, 0.717) is 30.3 Å². The van der Waals surface area contributed by atoms with Crippen LogP contribution in [0.2, 0.25) is 0 Å². The highest BCUT2D eigenvalue weighted by atomic mass is 16.5. The van der Waals surface area contributed by atoms with Crippen LogP contribution in [0.1, 0.15) is 67.8 Å². The van der Waals surface area contributed by atoms with Crippen molar-refractivity contribution in [2.45, 2.75) is 51.9 Å². The van der Waals surface area contributed by atoms with E-state index in [1.54, 1.807) is 31.4 Å². The molecule has 42 heavy (non-hydrogen) atoms. The van der Waals surface area contributed by atoms with Crippen molar-refractivity contribution in [3.8, 4) is 11.5 Å². The molecule has 0 aromatic heterocycles. The summed E-state index contributed by atoms with van der Waals surface area (Å²) in [6.45, 7) is 6.47. The van der Waals surface area contributed by atoms with E-state index in [2.05, 4.69) is 43.9 Å². The first-order valence-electron chi connectivity index (χ1n) is 14.7. The number of esters is 2. The molecule has 0 bridgehead atoms. The zero-order valence-corrected chi connectivity index (χ0v) is 24.6. The third kappa shape index (κ3) is 8.84. The van der Waals surface area contributed by atoms with Crippen molar-refractivity contribution in [2.75, 3.05) is 20.3 Å². The quantitative estimate of drug-likeness (QED) is 0.130.